The summed E-state index contributed by atoms with van der Waals surface area (Å²) in [6, 6.07) is 9.80. The van der Waals surface area contributed by atoms with Crippen LogP contribution in [-0.2, 0) is 5.66 Å². The number of nitrogens with zero attached hydrogens (tertiary/aromatic N) is 1. The molecule has 0 heterocycles. The van der Waals surface area contributed by atoms with E-state index in [0.29, 0.717) is 0 Å². The topological polar surface area (TPSA) is 16.4 Å². The smallest absolute Gasteiger partial charge is 0.287 e. The van der Waals surface area contributed by atoms with E-state index in [1.807, 2.05) is 37.3 Å². The molecule has 1 rings (SSSR count). The second-order valence-corrected chi connectivity index (χ2v) is 3.12. The van der Waals surface area contributed by atoms with Crippen LogP contribution >= 0.6 is 9.39 Å². The van der Waals surface area contributed by atoms with Crippen LogP contribution in [-0.4, -0.2) is 0 Å². The Hall–Kier alpha value is -0.900. The summed E-state index contributed by atoms with van der Waals surface area (Å²) in [5, 5.41) is 2.99. The van der Waals surface area contributed by atoms with Crippen LogP contribution in [0.2, 0.25) is 0 Å². The summed E-state index contributed by atoms with van der Waals surface area (Å²) in [6.45, 7) is 9.20. The van der Waals surface area contributed by atoms with Crippen molar-refractivity contribution in [2.24, 2.45) is 0 Å². The van der Waals surface area contributed by atoms with E-state index in [0.717, 1.165) is 12.0 Å². The molecule has 0 aliphatic heterocycles. The summed E-state index contributed by atoms with van der Waals surface area (Å²) in [4.78, 5) is 3.64. The molecule has 3 heteroatoms. The van der Waals surface area contributed by atoms with Gasteiger partial charge in [-0.15, -0.1) is 0 Å². The fourth-order valence-corrected chi connectivity index (χ4v) is 1.71. The summed E-state index contributed by atoms with van der Waals surface area (Å²) in [5.74, 6) is 0. The zero-order valence-corrected chi connectivity index (χ0v) is 8.77. The maximum absolute atomic E-state index is 7.19. The molecule has 1 aromatic carbocycles. The maximum Gasteiger partial charge on any atom is 0.314 e. The van der Waals surface area contributed by atoms with Crippen LogP contribution in [0.15, 0.2) is 30.3 Å². The number of benzene rings is 1. The molecule has 2 nitrogen and oxygen atoms in total. The molecule has 68 valence electrons. The number of hydrogen-bond donors (Lipinski definition) is 1. The second-order valence-electron chi connectivity index (χ2n) is 2.84. The first-order valence-electron chi connectivity index (χ1n) is 4.21. The van der Waals surface area contributed by atoms with Crippen LogP contribution in [0.25, 0.3) is 4.85 Å². The Balaban J connectivity index is 3.10. The molecule has 0 spiro atoms. The Morgan fingerprint density at radius 2 is 2.08 bits per heavy atom. The zero-order chi connectivity index (χ0) is 9.73. The normalized spacial score (nSPS) is 14.5. The third-order valence-corrected chi connectivity index (χ3v) is 2.67. The van der Waals surface area contributed by atoms with E-state index in [-0.39, 0.29) is 0 Å². The summed E-state index contributed by atoms with van der Waals surface area (Å²) < 4.78 is 0. The van der Waals surface area contributed by atoms with Gasteiger partial charge in [0.2, 0.25) is 0 Å². The van der Waals surface area contributed by atoms with Crippen molar-refractivity contribution in [1.29, 1.82) is 0 Å². The third-order valence-electron chi connectivity index (χ3n) is 2.19. The predicted octanol–water partition coefficient (Wildman–Crippen LogP) is 2.55. The van der Waals surface area contributed by atoms with Crippen LogP contribution in [0.4, 0.5) is 0 Å². The lowest BCUT2D eigenvalue weighted by Crippen LogP contribution is -2.31. The lowest BCUT2D eigenvalue weighted by atomic mass is 9.99. The Kier molecular flexibility index (Phi) is 3.42. The van der Waals surface area contributed by atoms with Crippen LogP contribution in [0.3, 0.4) is 0 Å². The van der Waals surface area contributed by atoms with Crippen molar-refractivity contribution in [1.82, 2.24) is 5.09 Å². The van der Waals surface area contributed by atoms with E-state index in [1.54, 1.807) is 0 Å². The minimum Gasteiger partial charge on any atom is -0.287 e. The Bertz CT molecular complexity index is 298. The number of hydrogen-bond acceptors (Lipinski definition) is 1. The van der Waals surface area contributed by atoms with Gasteiger partial charge >= 0.3 is 5.66 Å². The van der Waals surface area contributed by atoms with E-state index < -0.39 is 5.66 Å². The molecule has 2 unspecified atom stereocenters. The average molecular weight is 192 g/mol. The van der Waals surface area contributed by atoms with Gasteiger partial charge in [0.05, 0.1) is 5.56 Å². The highest BCUT2D eigenvalue weighted by molar-refractivity contribution is 7.13. The fraction of sp³-hybridized carbons (Fsp3) is 0.300. The van der Waals surface area contributed by atoms with E-state index in [9.17, 15) is 0 Å². The van der Waals surface area contributed by atoms with Crippen molar-refractivity contribution in [3.63, 3.8) is 0 Å². The molecule has 0 aliphatic carbocycles. The molecule has 0 aromatic heterocycles. The Morgan fingerprint density at radius 3 is 2.46 bits per heavy atom. The van der Waals surface area contributed by atoms with Gasteiger partial charge in [0.25, 0.3) is 0 Å². The zero-order valence-electron chi connectivity index (χ0n) is 7.62. The van der Waals surface area contributed by atoms with Gasteiger partial charge in [0, 0.05) is 6.42 Å². The third kappa shape index (κ3) is 1.88. The molecule has 1 aromatic rings. The fourth-order valence-electron chi connectivity index (χ4n) is 1.28. The van der Waals surface area contributed by atoms with Crippen LogP contribution in [0.1, 0.15) is 18.9 Å². The lowest BCUT2D eigenvalue weighted by Gasteiger charge is -2.19. The summed E-state index contributed by atoms with van der Waals surface area (Å²) in [6.07, 6.45) is 0.754. The first-order valence-corrected chi connectivity index (χ1v) is 4.78. The Morgan fingerprint density at radius 1 is 1.46 bits per heavy atom. The highest BCUT2D eigenvalue weighted by atomic mass is 31.0. The second kappa shape index (κ2) is 4.37. The lowest BCUT2D eigenvalue weighted by molar-refractivity contribution is 0.495. The van der Waals surface area contributed by atoms with Gasteiger partial charge < -0.3 is 0 Å². The van der Waals surface area contributed by atoms with Crippen molar-refractivity contribution in [3.8, 4) is 0 Å². The van der Waals surface area contributed by atoms with Gasteiger partial charge in [-0.05, 0) is 12.1 Å². The van der Waals surface area contributed by atoms with Gasteiger partial charge in [-0.3, -0.25) is 4.85 Å². The van der Waals surface area contributed by atoms with Crippen LogP contribution in [0.5, 0.6) is 0 Å². The quantitative estimate of drug-likeness (QED) is 0.575. The van der Waals surface area contributed by atoms with Gasteiger partial charge in [-0.1, -0.05) is 34.5 Å². The van der Waals surface area contributed by atoms with Crippen molar-refractivity contribution < 1.29 is 0 Å². The van der Waals surface area contributed by atoms with Gasteiger partial charge in [-0.2, -0.15) is 0 Å². The van der Waals surface area contributed by atoms with Crippen LogP contribution in [0, 0.1) is 6.57 Å². The summed E-state index contributed by atoms with van der Waals surface area (Å²) in [5.41, 5.74) is 0.439. The molecular formula is C10H13N2P. The molecule has 0 saturated heterocycles. The Labute approximate surface area is 81.4 Å². The molecule has 0 fully saturated rings. The molecule has 1 N–H and O–H groups in total. The van der Waals surface area contributed by atoms with Crippen molar-refractivity contribution in [2.45, 2.75) is 19.0 Å². The van der Waals surface area contributed by atoms with Crippen molar-refractivity contribution >= 4 is 9.39 Å². The average Bonchev–Trinajstić information content (AvgIpc) is 2.23. The highest BCUT2D eigenvalue weighted by Gasteiger charge is 2.34. The number of nitrogens with one attached hydrogen (secondary N) is 1. The van der Waals surface area contributed by atoms with Gasteiger partial charge in [-0.25, -0.2) is 11.7 Å². The maximum atomic E-state index is 7.19. The molecule has 0 saturated carbocycles. The van der Waals surface area contributed by atoms with Crippen molar-refractivity contribution in [2.75, 3.05) is 0 Å². The van der Waals surface area contributed by atoms with Crippen LogP contribution < -0.4 is 5.09 Å². The summed E-state index contributed by atoms with van der Waals surface area (Å²) >= 11 is 0. The van der Waals surface area contributed by atoms with Crippen molar-refractivity contribution in [3.05, 3.63) is 47.3 Å². The first-order chi connectivity index (χ1) is 6.29. The molecule has 13 heavy (non-hydrogen) atoms. The van der Waals surface area contributed by atoms with Gasteiger partial charge in [0.15, 0.2) is 0 Å². The largest absolute Gasteiger partial charge is 0.314 e. The minimum absolute atomic E-state index is 0.577. The molecule has 0 radical (unpaired) electrons. The molecular weight excluding hydrogens is 179 g/mol. The molecule has 0 aliphatic rings. The van der Waals surface area contributed by atoms with E-state index in [4.69, 9.17) is 6.57 Å². The summed E-state index contributed by atoms with van der Waals surface area (Å²) in [7, 11) is 2.42. The molecule has 0 amide bonds. The highest BCUT2D eigenvalue weighted by Crippen LogP contribution is 2.27. The SMILES string of the molecule is [C-]#[N+]C(CC)(NP)c1ccccc1. The molecule has 0 bridgehead atoms. The monoisotopic (exact) mass is 192 g/mol. The van der Waals surface area contributed by atoms with E-state index >= 15 is 0 Å². The van der Waals surface area contributed by atoms with E-state index in [2.05, 4.69) is 19.3 Å². The van der Waals surface area contributed by atoms with E-state index in [1.165, 1.54) is 0 Å². The minimum atomic E-state index is -0.577. The first kappa shape index (κ1) is 10.2. The predicted molar refractivity (Wildman–Crippen MR) is 57.9 cm³/mol. The number of rotatable bonds is 3. The standard InChI is InChI=1S/C10H13N2P/c1-3-10(11-2,12-13)9-7-5-4-6-8-9/h4-8,12H,3,13H2,1H3. The van der Waals surface area contributed by atoms with Gasteiger partial charge in [0.1, 0.15) is 0 Å². The molecule has 2 atom stereocenters.